The summed E-state index contributed by atoms with van der Waals surface area (Å²) in [5.41, 5.74) is 2.38. The van der Waals surface area contributed by atoms with Crippen molar-refractivity contribution in [1.29, 1.82) is 0 Å². The maximum atomic E-state index is 11.2. The van der Waals surface area contributed by atoms with Gasteiger partial charge >= 0.3 is 5.97 Å². The molecule has 1 aromatic rings. The van der Waals surface area contributed by atoms with Gasteiger partial charge < -0.3 is 4.74 Å². The van der Waals surface area contributed by atoms with Crippen LogP contribution in [-0.2, 0) is 10.2 Å². The van der Waals surface area contributed by atoms with Crippen molar-refractivity contribution in [1.82, 2.24) is 0 Å². The van der Waals surface area contributed by atoms with Gasteiger partial charge in [0.25, 0.3) is 0 Å². The van der Waals surface area contributed by atoms with Crippen LogP contribution in [0.5, 0.6) is 5.75 Å². The zero-order valence-electron chi connectivity index (χ0n) is 10.8. The number of carbonyl (C=O) groups is 1. The molecule has 0 heterocycles. The zero-order valence-corrected chi connectivity index (χ0v) is 10.8. The summed E-state index contributed by atoms with van der Waals surface area (Å²) >= 11 is 0. The van der Waals surface area contributed by atoms with Crippen LogP contribution in [-0.4, -0.2) is 5.97 Å². The lowest BCUT2D eigenvalue weighted by molar-refractivity contribution is -0.134. The summed E-state index contributed by atoms with van der Waals surface area (Å²) in [7, 11) is 0. The van der Waals surface area contributed by atoms with E-state index in [2.05, 4.69) is 26.8 Å². The van der Waals surface area contributed by atoms with Gasteiger partial charge in [-0.25, -0.2) is 0 Å². The molecule has 0 bridgehead atoms. The van der Waals surface area contributed by atoms with E-state index in [1.54, 1.807) is 6.92 Å². The number of benzene rings is 1. The quantitative estimate of drug-likeness (QED) is 0.562. The van der Waals surface area contributed by atoms with E-state index in [9.17, 15) is 4.79 Å². The highest BCUT2D eigenvalue weighted by Gasteiger charge is 2.15. The Morgan fingerprint density at radius 1 is 1.31 bits per heavy atom. The highest BCUT2D eigenvalue weighted by atomic mass is 16.5. The SMILES string of the molecule is CCC(=O)Oc1ccc(C(C)(C)C)cc1C. The molecule has 0 saturated heterocycles. The minimum absolute atomic E-state index is 0.123. The Bertz CT molecular complexity index is 386. The van der Waals surface area contributed by atoms with Crippen LogP contribution in [0.1, 0.15) is 45.2 Å². The van der Waals surface area contributed by atoms with Gasteiger partial charge in [0.15, 0.2) is 0 Å². The number of ether oxygens (including phenoxy) is 1. The van der Waals surface area contributed by atoms with E-state index in [0.29, 0.717) is 12.2 Å². The minimum atomic E-state index is -0.188. The molecule has 0 saturated carbocycles. The molecule has 0 atom stereocenters. The maximum absolute atomic E-state index is 11.2. The summed E-state index contributed by atoms with van der Waals surface area (Å²) in [6.45, 7) is 10.3. The molecule has 0 amide bonds. The van der Waals surface area contributed by atoms with Crippen LogP contribution in [0, 0.1) is 6.92 Å². The Morgan fingerprint density at radius 3 is 2.38 bits per heavy atom. The number of esters is 1. The summed E-state index contributed by atoms with van der Waals surface area (Å²) in [4.78, 5) is 11.2. The van der Waals surface area contributed by atoms with E-state index in [1.165, 1.54) is 5.56 Å². The normalized spacial score (nSPS) is 11.3. The van der Waals surface area contributed by atoms with Gasteiger partial charge in [0, 0.05) is 6.42 Å². The van der Waals surface area contributed by atoms with Gasteiger partial charge in [0.1, 0.15) is 5.75 Å². The van der Waals surface area contributed by atoms with E-state index in [1.807, 2.05) is 19.1 Å². The summed E-state index contributed by atoms with van der Waals surface area (Å²) in [6, 6.07) is 5.98. The maximum Gasteiger partial charge on any atom is 0.310 e. The highest BCUT2D eigenvalue weighted by molar-refractivity contribution is 5.72. The van der Waals surface area contributed by atoms with Crippen molar-refractivity contribution in [2.75, 3.05) is 0 Å². The third-order valence-electron chi connectivity index (χ3n) is 2.55. The smallest absolute Gasteiger partial charge is 0.310 e. The predicted molar refractivity (Wildman–Crippen MR) is 65.8 cm³/mol. The first-order chi connectivity index (χ1) is 7.34. The van der Waals surface area contributed by atoms with Gasteiger partial charge in [-0.2, -0.15) is 0 Å². The second-order valence-corrected chi connectivity index (χ2v) is 5.06. The van der Waals surface area contributed by atoms with Crippen molar-refractivity contribution in [3.63, 3.8) is 0 Å². The van der Waals surface area contributed by atoms with Crippen LogP contribution < -0.4 is 4.74 Å². The second-order valence-electron chi connectivity index (χ2n) is 5.06. The van der Waals surface area contributed by atoms with Gasteiger partial charge in [-0.1, -0.05) is 39.8 Å². The van der Waals surface area contributed by atoms with Crippen LogP contribution >= 0.6 is 0 Å². The number of carbonyl (C=O) groups excluding carboxylic acids is 1. The van der Waals surface area contributed by atoms with Crippen molar-refractivity contribution in [2.24, 2.45) is 0 Å². The van der Waals surface area contributed by atoms with Gasteiger partial charge in [-0.05, 0) is 29.5 Å². The molecule has 0 radical (unpaired) electrons. The molecular weight excluding hydrogens is 200 g/mol. The summed E-state index contributed by atoms with van der Waals surface area (Å²) < 4.78 is 5.22. The molecular formula is C14H20O2. The molecule has 1 aromatic carbocycles. The first-order valence-corrected chi connectivity index (χ1v) is 5.66. The molecule has 0 spiro atoms. The molecule has 1 rings (SSSR count). The average Bonchev–Trinajstić information content (AvgIpc) is 2.19. The fourth-order valence-electron chi connectivity index (χ4n) is 1.43. The van der Waals surface area contributed by atoms with Crippen LogP contribution in [0.4, 0.5) is 0 Å². The molecule has 0 aromatic heterocycles. The third kappa shape index (κ3) is 3.09. The Labute approximate surface area is 97.6 Å². The molecule has 0 aliphatic rings. The van der Waals surface area contributed by atoms with Crippen molar-refractivity contribution < 1.29 is 9.53 Å². The van der Waals surface area contributed by atoms with Crippen LogP contribution in [0.15, 0.2) is 18.2 Å². The van der Waals surface area contributed by atoms with Crippen molar-refractivity contribution >= 4 is 5.97 Å². The Kier molecular flexibility index (Phi) is 3.74. The molecule has 2 nitrogen and oxygen atoms in total. The molecule has 16 heavy (non-hydrogen) atoms. The first kappa shape index (κ1) is 12.8. The number of rotatable bonds is 2. The second kappa shape index (κ2) is 4.69. The largest absolute Gasteiger partial charge is 0.426 e. The van der Waals surface area contributed by atoms with Crippen LogP contribution in [0.3, 0.4) is 0 Å². The van der Waals surface area contributed by atoms with Gasteiger partial charge in [-0.15, -0.1) is 0 Å². The van der Waals surface area contributed by atoms with Gasteiger partial charge in [0.05, 0.1) is 0 Å². The Hall–Kier alpha value is -1.31. The molecule has 0 aliphatic carbocycles. The Balaban J connectivity index is 2.96. The third-order valence-corrected chi connectivity index (χ3v) is 2.55. The molecule has 88 valence electrons. The van der Waals surface area contributed by atoms with Crippen molar-refractivity contribution in [3.05, 3.63) is 29.3 Å². The Morgan fingerprint density at radius 2 is 1.94 bits per heavy atom. The summed E-state index contributed by atoms with van der Waals surface area (Å²) in [5, 5.41) is 0. The fraction of sp³-hybridized carbons (Fsp3) is 0.500. The lowest BCUT2D eigenvalue weighted by Crippen LogP contribution is -2.12. The van der Waals surface area contributed by atoms with Gasteiger partial charge in [0.2, 0.25) is 0 Å². The van der Waals surface area contributed by atoms with Crippen molar-refractivity contribution in [3.8, 4) is 5.75 Å². The minimum Gasteiger partial charge on any atom is -0.426 e. The first-order valence-electron chi connectivity index (χ1n) is 5.66. The number of hydrogen-bond acceptors (Lipinski definition) is 2. The summed E-state index contributed by atoms with van der Waals surface area (Å²) in [6.07, 6.45) is 0.403. The number of hydrogen-bond donors (Lipinski definition) is 0. The van der Waals surface area contributed by atoms with Crippen LogP contribution in [0.25, 0.3) is 0 Å². The van der Waals surface area contributed by atoms with E-state index < -0.39 is 0 Å². The van der Waals surface area contributed by atoms with E-state index in [-0.39, 0.29) is 11.4 Å². The van der Waals surface area contributed by atoms with E-state index >= 15 is 0 Å². The summed E-state index contributed by atoms with van der Waals surface area (Å²) in [5.74, 6) is 0.478. The fourth-order valence-corrected chi connectivity index (χ4v) is 1.43. The predicted octanol–water partition coefficient (Wildman–Crippen LogP) is 3.61. The number of aryl methyl sites for hydroxylation is 1. The van der Waals surface area contributed by atoms with Gasteiger partial charge in [-0.3, -0.25) is 4.79 Å². The highest BCUT2D eigenvalue weighted by Crippen LogP contribution is 2.27. The average molecular weight is 220 g/mol. The topological polar surface area (TPSA) is 26.3 Å². The zero-order chi connectivity index (χ0) is 12.3. The van der Waals surface area contributed by atoms with E-state index in [0.717, 1.165) is 5.56 Å². The van der Waals surface area contributed by atoms with Crippen molar-refractivity contribution in [2.45, 2.75) is 46.5 Å². The lowest BCUT2D eigenvalue weighted by atomic mass is 9.86. The molecule has 0 unspecified atom stereocenters. The molecule has 0 fully saturated rings. The monoisotopic (exact) mass is 220 g/mol. The molecule has 0 aliphatic heterocycles. The van der Waals surface area contributed by atoms with E-state index in [4.69, 9.17) is 4.74 Å². The molecule has 0 N–H and O–H groups in total. The van der Waals surface area contributed by atoms with Crippen LogP contribution in [0.2, 0.25) is 0 Å². The molecule has 2 heteroatoms. The standard InChI is InChI=1S/C14H20O2/c1-6-13(15)16-12-8-7-11(9-10(12)2)14(3,4)5/h7-9H,6H2,1-5H3. The lowest BCUT2D eigenvalue weighted by Gasteiger charge is -2.20.